The van der Waals surface area contributed by atoms with Crippen molar-refractivity contribution in [3.05, 3.63) is 24.3 Å². The molecule has 1 aromatic rings. The molecule has 0 saturated carbocycles. The molecule has 0 aromatic heterocycles. The number of amides is 1. The minimum atomic E-state index is -0.783. The molecule has 100 valence electrons. The lowest BCUT2D eigenvalue weighted by Gasteiger charge is -2.27. The Kier molecular flexibility index (Phi) is 4.73. The second kappa shape index (κ2) is 5.87. The molecule has 4 nitrogen and oxygen atoms in total. The first-order chi connectivity index (χ1) is 8.32. The van der Waals surface area contributed by atoms with Crippen LogP contribution in [0.3, 0.4) is 0 Å². The Bertz CT molecular complexity index is 393. The van der Waals surface area contributed by atoms with Gasteiger partial charge in [0.05, 0.1) is 11.6 Å². The summed E-state index contributed by atoms with van der Waals surface area (Å²) in [6.07, 6.45) is 0.468. The summed E-state index contributed by atoms with van der Waals surface area (Å²) in [5, 5.41) is 15.8. The van der Waals surface area contributed by atoms with Gasteiger partial charge in [-0.3, -0.25) is 4.79 Å². The topological polar surface area (TPSA) is 61.4 Å². The van der Waals surface area contributed by atoms with Gasteiger partial charge in [-0.05, 0) is 45.0 Å². The number of carbonyl (C=O) groups excluding carboxylic acids is 1. The average molecular weight is 250 g/mol. The number of hydrogen-bond donors (Lipinski definition) is 3. The van der Waals surface area contributed by atoms with Crippen LogP contribution in [0.4, 0.5) is 11.4 Å². The third kappa shape index (κ3) is 4.37. The van der Waals surface area contributed by atoms with Crippen molar-refractivity contribution < 1.29 is 9.90 Å². The van der Waals surface area contributed by atoms with Gasteiger partial charge >= 0.3 is 0 Å². The maximum Gasteiger partial charge on any atom is 0.224 e. The van der Waals surface area contributed by atoms with Crippen molar-refractivity contribution in [2.45, 2.75) is 45.8 Å². The molecule has 0 saturated heterocycles. The van der Waals surface area contributed by atoms with Crippen LogP contribution < -0.4 is 10.6 Å². The molecule has 0 spiro atoms. The molecule has 1 rings (SSSR count). The first-order valence-electron chi connectivity index (χ1n) is 6.21. The first kappa shape index (κ1) is 14.5. The van der Waals surface area contributed by atoms with E-state index >= 15 is 0 Å². The van der Waals surface area contributed by atoms with Gasteiger partial charge in [0.25, 0.3) is 0 Å². The molecule has 4 heteroatoms. The number of anilines is 2. The molecule has 0 fully saturated rings. The fourth-order valence-corrected chi connectivity index (χ4v) is 1.33. The van der Waals surface area contributed by atoms with E-state index < -0.39 is 5.60 Å². The van der Waals surface area contributed by atoms with Gasteiger partial charge in [0.1, 0.15) is 0 Å². The van der Waals surface area contributed by atoms with Crippen LogP contribution in [0.1, 0.15) is 34.1 Å². The molecular formula is C14H22N2O2. The summed E-state index contributed by atoms with van der Waals surface area (Å²) in [5.41, 5.74) is 0.914. The summed E-state index contributed by atoms with van der Waals surface area (Å²) in [5.74, 6) is 0.000527. The summed E-state index contributed by atoms with van der Waals surface area (Å²) in [4.78, 5) is 11.2. The highest BCUT2D eigenvalue weighted by Crippen LogP contribution is 2.18. The second-order valence-electron chi connectivity index (χ2n) is 5.00. The monoisotopic (exact) mass is 250 g/mol. The van der Waals surface area contributed by atoms with E-state index in [1.807, 2.05) is 38.1 Å². The lowest BCUT2D eigenvalue weighted by Crippen LogP contribution is -2.39. The Balaban J connectivity index is 2.63. The molecule has 1 amide bonds. The van der Waals surface area contributed by atoms with E-state index in [0.717, 1.165) is 11.4 Å². The van der Waals surface area contributed by atoms with Crippen molar-refractivity contribution in [1.29, 1.82) is 0 Å². The molecule has 1 atom stereocenters. The van der Waals surface area contributed by atoms with Crippen molar-refractivity contribution in [2.75, 3.05) is 10.6 Å². The highest BCUT2D eigenvalue weighted by molar-refractivity contribution is 5.90. The molecule has 0 bridgehead atoms. The summed E-state index contributed by atoms with van der Waals surface area (Å²) in [6, 6.07) is 7.38. The van der Waals surface area contributed by atoms with Gasteiger partial charge in [0.15, 0.2) is 0 Å². The molecule has 0 aliphatic rings. The van der Waals surface area contributed by atoms with E-state index in [1.165, 1.54) is 0 Å². The number of rotatable bonds is 5. The molecule has 3 N–H and O–H groups in total. The number of nitrogens with one attached hydrogen (secondary N) is 2. The lowest BCUT2D eigenvalue weighted by molar-refractivity contribution is -0.115. The molecule has 0 heterocycles. The number of hydrogen-bond acceptors (Lipinski definition) is 3. The van der Waals surface area contributed by atoms with Crippen LogP contribution >= 0.6 is 0 Å². The van der Waals surface area contributed by atoms with E-state index in [4.69, 9.17) is 0 Å². The highest BCUT2D eigenvalue weighted by Gasteiger charge is 2.21. The largest absolute Gasteiger partial charge is 0.388 e. The number of benzene rings is 1. The summed E-state index contributed by atoms with van der Waals surface area (Å²) >= 11 is 0. The zero-order valence-electron chi connectivity index (χ0n) is 11.4. The van der Waals surface area contributed by atoms with E-state index in [1.54, 1.807) is 13.8 Å². The number of aliphatic hydroxyl groups is 1. The molecule has 0 aliphatic carbocycles. The predicted molar refractivity (Wildman–Crippen MR) is 74.7 cm³/mol. The van der Waals surface area contributed by atoms with Gasteiger partial charge in [-0.25, -0.2) is 0 Å². The number of carbonyl (C=O) groups is 1. The van der Waals surface area contributed by atoms with Crippen molar-refractivity contribution in [3.63, 3.8) is 0 Å². The molecule has 0 aliphatic heterocycles. The molecule has 1 aromatic carbocycles. The normalized spacial score (nSPS) is 12.9. The van der Waals surface area contributed by atoms with Crippen LogP contribution in [0.15, 0.2) is 24.3 Å². The second-order valence-corrected chi connectivity index (χ2v) is 5.00. The van der Waals surface area contributed by atoms with Crippen LogP contribution in [0.5, 0.6) is 0 Å². The minimum Gasteiger partial charge on any atom is -0.388 e. The Morgan fingerprint density at radius 1 is 1.28 bits per heavy atom. The molecule has 18 heavy (non-hydrogen) atoms. The maximum atomic E-state index is 11.2. The van der Waals surface area contributed by atoms with E-state index in [9.17, 15) is 9.90 Å². The minimum absolute atomic E-state index is 0.000527. The zero-order valence-corrected chi connectivity index (χ0v) is 11.4. The van der Waals surface area contributed by atoms with Crippen LogP contribution in [0.25, 0.3) is 0 Å². The molecular weight excluding hydrogens is 228 g/mol. The predicted octanol–water partition coefficient (Wildman–Crippen LogP) is 2.61. The van der Waals surface area contributed by atoms with Crippen molar-refractivity contribution >= 4 is 17.3 Å². The van der Waals surface area contributed by atoms with Crippen LogP contribution in [0, 0.1) is 0 Å². The van der Waals surface area contributed by atoms with Crippen LogP contribution in [0.2, 0.25) is 0 Å². The average Bonchev–Trinajstić information content (AvgIpc) is 2.30. The zero-order chi connectivity index (χ0) is 13.8. The Labute approximate surface area is 108 Å². The van der Waals surface area contributed by atoms with Gasteiger partial charge in [0, 0.05) is 17.8 Å². The van der Waals surface area contributed by atoms with Gasteiger partial charge < -0.3 is 15.7 Å². The summed E-state index contributed by atoms with van der Waals surface area (Å²) < 4.78 is 0. The highest BCUT2D eigenvalue weighted by atomic mass is 16.3. The quantitative estimate of drug-likeness (QED) is 0.752. The van der Waals surface area contributed by atoms with Crippen molar-refractivity contribution in [3.8, 4) is 0 Å². The third-order valence-electron chi connectivity index (χ3n) is 2.93. The van der Waals surface area contributed by atoms with Gasteiger partial charge in [-0.15, -0.1) is 0 Å². The van der Waals surface area contributed by atoms with Gasteiger partial charge in [0.2, 0.25) is 5.91 Å². The van der Waals surface area contributed by atoms with Gasteiger partial charge in [-0.2, -0.15) is 0 Å². The third-order valence-corrected chi connectivity index (χ3v) is 2.93. The van der Waals surface area contributed by atoms with Crippen LogP contribution in [-0.2, 0) is 4.79 Å². The smallest absolute Gasteiger partial charge is 0.224 e. The Morgan fingerprint density at radius 2 is 1.78 bits per heavy atom. The van der Waals surface area contributed by atoms with E-state index in [2.05, 4.69) is 10.6 Å². The Hall–Kier alpha value is -1.55. The lowest BCUT2D eigenvalue weighted by atomic mass is 10.0. The van der Waals surface area contributed by atoms with Gasteiger partial charge in [-0.1, -0.05) is 6.92 Å². The fourth-order valence-electron chi connectivity index (χ4n) is 1.33. The summed E-state index contributed by atoms with van der Waals surface area (Å²) in [7, 11) is 0. The van der Waals surface area contributed by atoms with E-state index in [0.29, 0.717) is 6.42 Å². The van der Waals surface area contributed by atoms with Crippen molar-refractivity contribution in [2.24, 2.45) is 0 Å². The van der Waals surface area contributed by atoms with E-state index in [-0.39, 0.29) is 11.9 Å². The SMILES string of the molecule is CCC(=O)Nc1ccc(NC(C)C(C)(C)O)cc1. The Morgan fingerprint density at radius 3 is 2.22 bits per heavy atom. The fraction of sp³-hybridized carbons (Fsp3) is 0.500. The first-order valence-corrected chi connectivity index (χ1v) is 6.21. The van der Waals surface area contributed by atoms with Crippen molar-refractivity contribution in [1.82, 2.24) is 0 Å². The maximum absolute atomic E-state index is 11.2. The summed E-state index contributed by atoms with van der Waals surface area (Å²) in [6.45, 7) is 7.27. The standard InChI is InChI=1S/C14H22N2O2/c1-5-13(17)16-12-8-6-11(7-9-12)15-10(2)14(3,4)18/h6-10,15,18H,5H2,1-4H3,(H,16,17). The van der Waals surface area contributed by atoms with Crippen LogP contribution in [-0.4, -0.2) is 22.7 Å². The molecule has 1 unspecified atom stereocenters. The molecule has 0 radical (unpaired) electrons.